The lowest BCUT2D eigenvalue weighted by Crippen LogP contribution is -2.39. The van der Waals surface area contributed by atoms with Gasteiger partial charge >= 0.3 is 0 Å². The van der Waals surface area contributed by atoms with Gasteiger partial charge in [-0.3, -0.25) is 0 Å². The van der Waals surface area contributed by atoms with Crippen molar-refractivity contribution >= 4 is 15.7 Å². The van der Waals surface area contributed by atoms with Crippen LogP contribution in [-0.4, -0.2) is 46.6 Å². The van der Waals surface area contributed by atoms with Crippen molar-refractivity contribution in [3.63, 3.8) is 0 Å². The average Bonchev–Trinajstić information content (AvgIpc) is 2.48. The molecular weight excluding hydrogens is 276 g/mol. The summed E-state index contributed by atoms with van der Waals surface area (Å²) in [6.07, 6.45) is 1.73. The fourth-order valence-electron chi connectivity index (χ4n) is 2.49. The molecule has 0 spiro atoms. The quantitative estimate of drug-likeness (QED) is 0.900. The molecule has 6 heteroatoms. The summed E-state index contributed by atoms with van der Waals surface area (Å²) in [5.41, 5.74) is 0.905. The average molecular weight is 298 g/mol. The number of ether oxygens (including phenoxy) is 1. The Labute approximate surface area is 121 Å². The molecule has 1 aliphatic rings. The van der Waals surface area contributed by atoms with Crippen LogP contribution in [0, 0.1) is 5.92 Å². The molecule has 0 saturated carbocycles. The van der Waals surface area contributed by atoms with Crippen molar-refractivity contribution in [1.29, 1.82) is 0 Å². The van der Waals surface area contributed by atoms with Crippen molar-refractivity contribution in [2.24, 2.45) is 5.92 Å². The third kappa shape index (κ3) is 3.31. The lowest BCUT2D eigenvalue weighted by atomic mass is 9.99. The summed E-state index contributed by atoms with van der Waals surface area (Å²) < 4.78 is 31.8. The van der Waals surface area contributed by atoms with Crippen molar-refractivity contribution in [2.75, 3.05) is 39.2 Å². The van der Waals surface area contributed by atoms with E-state index in [-0.39, 0.29) is 0 Å². The number of hydrogen-bond acceptors (Lipinski definition) is 4. The summed E-state index contributed by atoms with van der Waals surface area (Å²) in [4.78, 5) is 0.363. The molecule has 1 saturated heterocycles. The molecule has 1 aliphatic heterocycles. The van der Waals surface area contributed by atoms with Crippen LogP contribution in [0.5, 0.6) is 0 Å². The maximum Gasteiger partial charge on any atom is 0.243 e. The SMILES string of the molecule is CNc1ccc(S(=O)(=O)N2CCC(COC)CC2)cc1. The normalized spacial score (nSPS) is 18.1. The van der Waals surface area contributed by atoms with Gasteiger partial charge in [-0.15, -0.1) is 0 Å². The fourth-order valence-corrected chi connectivity index (χ4v) is 3.96. The zero-order chi connectivity index (χ0) is 14.6. The number of nitrogens with zero attached hydrogens (tertiary/aromatic N) is 1. The Bertz CT molecular complexity index is 520. The number of nitrogens with one attached hydrogen (secondary N) is 1. The molecule has 0 aliphatic carbocycles. The van der Waals surface area contributed by atoms with Crippen molar-refractivity contribution in [3.8, 4) is 0 Å². The first-order valence-corrected chi connectivity index (χ1v) is 8.29. The van der Waals surface area contributed by atoms with Gasteiger partial charge in [0, 0.05) is 39.5 Å². The van der Waals surface area contributed by atoms with Crippen LogP contribution >= 0.6 is 0 Å². The molecule has 0 radical (unpaired) electrons. The van der Waals surface area contributed by atoms with E-state index in [4.69, 9.17) is 4.74 Å². The number of methoxy groups -OCH3 is 1. The third-order valence-electron chi connectivity index (χ3n) is 3.76. The predicted molar refractivity (Wildman–Crippen MR) is 79.3 cm³/mol. The van der Waals surface area contributed by atoms with Crippen LogP contribution < -0.4 is 5.32 Å². The molecule has 1 aromatic rings. The van der Waals surface area contributed by atoms with E-state index in [0.717, 1.165) is 18.5 Å². The van der Waals surface area contributed by atoms with E-state index in [1.54, 1.807) is 35.7 Å². The molecule has 0 aromatic heterocycles. The molecule has 0 bridgehead atoms. The van der Waals surface area contributed by atoms with Gasteiger partial charge in [-0.05, 0) is 43.0 Å². The molecule has 1 aromatic carbocycles. The summed E-state index contributed by atoms with van der Waals surface area (Å²) >= 11 is 0. The Morgan fingerprint density at radius 3 is 2.35 bits per heavy atom. The van der Waals surface area contributed by atoms with E-state index in [9.17, 15) is 8.42 Å². The largest absolute Gasteiger partial charge is 0.388 e. The standard InChI is InChI=1S/C14H22N2O3S/c1-15-13-3-5-14(6-4-13)20(17,18)16-9-7-12(8-10-16)11-19-2/h3-6,12,15H,7-11H2,1-2H3. The van der Waals surface area contributed by atoms with Gasteiger partial charge in [-0.25, -0.2) is 8.42 Å². The van der Waals surface area contributed by atoms with Crippen molar-refractivity contribution in [2.45, 2.75) is 17.7 Å². The maximum atomic E-state index is 12.5. The maximum absolute atomic E-state index is 12.5. The van der Waals surface area contributed by atoms with E-state index in [0.29, 0.717) is 30.5 Å². The van der Waals surface area contributed by atoms with Crippen LogP contribution in [-0.2, 0) is 14.8 Å². The summed E-state index contributed by atoms with van der Waals surface area (Å²) in [5, 5.41) is 2.98. The van der Waals surface area contributed by atoms with Crippen molar-refractivity contribution in [3.05, 3.63) is 24.3 Å². The van der Waals surface area contributed by atoms with Crippen molar-refractivity contribution in [1.82, 2.24) is 4.31 Å². The number of piperidine rings is 1. The summed E-state index contributed by atoms with van der Waals surface area (Å²) in [5.74, 6) is 0.470. The van der Waals surface area contributed by atoms with E-state index >= 15 is 0 Å². The number of benzene rings is 1. The van der Waals surface area contributed by atoms with Crippen LogP contribution in [0.4, 0.5) is 5.69 Å². The van der Waals surface area contributed by atoms with Gasteiger partial charge in [0.05, 0.1) is 4.90 Å². The van der Waals surface area contributed by atoms with Gasteiger partial charge in [-0.1, -0.05) is 0 Å². The fraction of sp³-hybridized carbons (Fsp3) is 0.571. The topological polar surface area (TPSA) is 58.6 Å². The molecule has 5 nitrogen and oxygen atoms in total. The highest BCUT2D eigenvalue weighted by atomic mass is 32.2. The Morgan fingerprint density at radius 1 is 1.25 bits per heavy atom. The van der Waals surface area contributed by atoms with Crippen LogP contribution in [0.25, 0.3) is 0 Å². The van der Waals surface area contributed by atoms with Gasteiger partial charge in [-0.2, -0.15) is 4.31 Å². The highest BCUT2D eigenvalue weighted by Crippen LogP contribution is 2.24. The van der Waals surface area contributed by atoms with E-state index < -0.39 is 10.0 Å². The van der Waals surface area contributed by atoms with E-state index in [2.05, 4.69) is 5.32 Å². The number of rotatable bonds is 5. The highest BCUT2D eigenvalue weighted by Gasteiger charge is 2.29. The second-order valence-corrected chi connectivity index (χ2v) is 7.02. The number of sulfonamides is 1. The van der Waals surface area contributed by atoms with Gasteiger partial charge in [0.1, 0.15) is 0 Å². The molecular formula is C14H22N2O3S. The van der Waals surface area contributed by atoms with E-state index in [1.807, 2.05) is 7.05 Å². The number of hydrogen-bond donors (Lipinski definition) is 1. The van der Waals surface area contributed by atoms with E-state index in [1.165, 1.54) is 0 Å². The molecule has 112 valence electrons. The first kappa shape index (κ1) is 15.3. The predicted octanol–water partition coefficient (Wildman–Crippen LogP) is 1.78. The van der Waals surface area contributed by atoms with Gasteiger partial charge < -0.3 is 10.1 Å². The minimum atomic E-state index is -3.36. The lowest BCUT2D eigenvalue weighted by Gasteiger charge is -2.30. The molecule has 2 rings (SSSR count). The second-order valence-electron chi connectivity index (χ2n) is 5.08. The van der Waals surface area contributed by atoms with Gasteiger partial charge in [0.2, 0.25) is 10.0 Å². The molecule has 1 N–H and O–H groups in total. The monoisotopic (exact) mass is 298 g/mol. The molecule has 1 heterocycles. The summed E-state index contributed by atoms with van der Waals surface area (Å²) in [6.45, 7) is 1.86. The minimum Gasteiger partial charge on any atom is -0.388 e. The molecule has 1 fully saturated rings. The first-order chi connectivity index (χ1) is 9.57. The first-order valence-electron chi connectivity index (χ1n) is 6.85. The zero-order valence-electron chi connectivity index (χ0n) is 12.0. The Balaban J connectivity index is 2.07. The smallest absolute Gasteiger partial charge is 0.243 e. The minimum absolute atomic E-state index is 0.363. The Hall–Kier alpha value is -1.11. The summed E-state index contributed by atoms with van der Waals surface area (Å²) in [7, 11) is 0.136. The van der Waals surface area contributed by atoms with Crippen LogP contribution in [0.1, 0.15) is 12.8 Å². The molecule has 0 amide bonds. The van der Waals surface area contributed by atoms with Gasteiger partial charge in [0.25, 0.3) is 0 Å². The highest BCUT2D eigenvalue weighted by molar-refractivity contribution is 7.89. The van der Waals surface area contributed by atoms with Crippen LogP contribution in [0.2, 0.25) is 0 Å². The summed E-state index contributed by atoms with van der Waals surface area (Å²) in [6, 6.07) is 6.87. The zero-order valence-corrected chi connectivity index (χ0v) is 12.8. The van der Waals surface area contributed by atoms with Crippen LogP contribution in [0.15, 0.2) is 29.2 Å². The Morgan fingerprint density at radius 2 is 1.85 bits per heavy atom. The lowest BCUT2D eigenvalue weighted by molar-refractivity contribution is 0.121. The molecule has 20 heavy (non-hydrogen) atoms. The van der Waals surface area contributed by atoms with Crippen LogP contribution in [0.3, 0.4) is 0 Å². The molecule has 0 unspecified atom stereocenters. The second kappa shape index (κ2) is 6.56. The van der Waals surface area contributed by atoms with Gasteiger partial charge in [0.15, 0.2) is 0 Å². The number of anilines is 1. The van der Waals surface area contributed by atoms with Crippen molar-refractivity contribution < 1.29 is 13.2 Å². The Kier molecular flexibility index (Phi) is 5.01. The third-order valence-corrected chi connectivity index (χ3v) is 5.67. The molecule has 0 atom stereocenters.